The van der Waals surface area contributed by atoms with E-state index in [0.29, 0.717) is 18.8 Å². The number of thiazole rings is 1. The van der Waals surface area contributed by atoms with E-state index in [1.807, 2.05) is 5.38 Å². The first-order valence-electron chi connectivity index (χ1n) is 8.43. The van der Waals surface area contributed by atoms with Crippen molar-refractivity contribution in [3.8, 4) is 10.8 Å². The van der Waals surface area contributed by atoms with E-state index in [1.54, 1.807) is 30.6 Å². The van der Waals surface area contributed by atoms with Crippen LogP contribution in [-0.2, 0) is 16.6 Å². The fourth-order valence-electron chi connectivity index (χ4n) is 2.95. The molecular weight excluding hydrogens is 351 g/mol. The number of benzene rings is 1. The van der Waals surface area contributed by atoms with Crippen molar-refractivity contribution in [2.45, 2.75) is 24.7 Å². The van der Waals surface area contributed by atoms with Crippen LogP contribution < -0.4 is 5.32 Å². The summed E-state index contributed by atoms with van der Waals surface area (Å²) in [5.41, 5.74) is 1.30. The maximum Gasteiger partial charge on any atom is 0.230 e. The van der Waals surface area contributed by atoms with E-state index in [1.165, 1.54) is 23.5 Å². The Hall–Kier alpha value is -2.67. The van der Waals surface area contributed by atoms with Crippen LogP contribution in [-0.4, -0.2) is 27.4 Å². The summed E-state index contributed by atoms with van der Waals surface area (Å²) in [5.74, 6) is 0.332. The summed E-state index contributed by atoms with van der Waals surface area (Å²) in [7, 11) is 0. The molecule has 1 amide bonds. The number of aromatic nitrogens is 3. The van der Waals surface area contributed by atoms with Crippen molar-refractivity contribution in [1.82, 2.24) is 20.3 Å². The largest absolute Gasteiger partial charge is 0.355 e. The van der Waals surface area contributed by atoms with E-state index < -0.39 is 5.41 Å². The summed E-state index contributed by atoms with van der Waals surface area (Å²) >= 11 is 1.49. The summed E-state index contributed by atoms with van der Waals surface area (Å²) < 4.78 is 13.1. The summed E-state index contributed by atoms with van der Waals surface area (Å²) in [6.07, 6.45) is 5.63. The fourth-order valence-corrected chi connectivity index (χ4v) is 3.75. The van der Waals surface area contributed by atoms with Gasteiger partial charge in [-0.25, -0.2) is 19.3 Å². The molecule has 4 rings (SSSR count). The minimum absolute atomic E-state index is 0.00551. The molecule has 1 aliphatic rings. The Morgan fingerprint density at radius 3 is 2.62 bits per heavy atom. The Bertz CT molecular complexity index is 907. The lowest BCUT2D eigenvalue weighted by Crippen LogP contribution is -2.36. The SMILES string of the molecule is O=C(NCCc1csc(-c2ncccn2)n1)C1(c2ccc(F)cc2)CC1. The Balaban J connectivity index is 1.34. The molecule has 7 heteroatoms. The summed E-state index contributed by atoms with van der Waals surface area (Å²) in [6, 6.07) is 7.99. The van der Waals surface area contributed by atoms with E-state index in [9.17, 15) is 9.18 Å². The monoisotopic (exact) mass is 368 g/mol. The van der Waals surface area contributed by atoms with Crippen LogP contribution in [0, 0.1) is 5.82 Å². The van der Waals surface area contributed by atoms with Gasteiger partial charge < -0.3 is 5.32 Å². The number of halogens is 1. The van der Waals surface area contributed by atoms with Crippen LogP contribution in [0.2, 0.25) is 0 Å². The minimum Gasteiger partial charge on any atom is -0.355 e. The standard InChI is InChI=1S/C19H17FN4OS/c20-14-4-2-13(3-5-14)19(7-8-19)18(25)23-11-6-15-12-26-17(24-15)16-21-9-1-10-22-16/h1-5,9-10,12H,6-8,11H2,(H,23,25). The molecule has 0 aliphatic heterocycles. The Morgan fingerprint density at radius 2 is 1.92 bits per heavy atom. The average molecular weight is 368 g/mol. The van der Waals surface area contributed by atoms with Gasteiger partial charge in [-0.2, -0.15) is 0 Å². The molecule has 1 saturated carbocycles. The highest BCUT2D eigenvalue weighted by Crippen LogP contribution is 2.48. The normalized spacial score (nSPS) is 14.8. The summed E-state index contributed by atoms with van der Waals surface area (Å²) in [4.78, 5) is 25.5. The predicted molar refractivity (Wildman–Crippen MR) is 97.2 cm³/mol. The number of amides is 1. The molecule has 1 aliphatic carbocycles. The van der Waals surface area contributed by atoms with Gasteiger partial charge in [-0.1, -0.05) is 12.1 Å². The molecule has 5 nitrogen and oxygen atoms in total. The molecule has 0 radical (unpaired) electrons. The molecule has 0 saturated heterocycles. The first-order valence-corrected chi connectivity index (χ1v) is 9.31. The van der Waals surface area contributed by atoms with Crippen molar-refractivity contribution in [2.24, 2.45) is 0 Å². The van der Waals surface area contributed by atoms with Crippen molar-refractivity contribution < 1.29 is 9.18 Å². The van der Waals surface area contributed by atoms with Crippen LogP contribution >= 0.6 is 11.3 Å². The quantitative estimate of drug-likeness (QED) is 0.726. The van der Waals surface area contributed by atoms with Gasteiger partial charge in [0.05, 0.1) is 11.1 Å². The molecule has 26 heavy (non-hydrogen) atoms. The van der Waals surface area contributed by atoms with E-state index in [0.717, 1.165) is 29.1 Å². The molecule has 0 bridgehead atoms. The van der Waals surface area contributed by atoms with Crippen LogP contribution in [0.25, 0.3) is 10.8 Å². The van der Waals surface area contributed by atoms with Gasteiger partial charge in [0, 0.05) is 30.7 Å². The maximum absolute atomic E-state index is 13.1. The third-order valence-corrected chi connectivity index (χ3v) is 5.44. The number of carbonyl (C=O) groups is 1. The lowest BCUT2D eigenvalue weighted by molar-refractivity contribution is -0.123. The predicted octanol–water partition coefficient (Wildman–Crippen LogP) is 3.13. The highest BCUT2D eigenvalue weighted by molar-refractivity contribution is 7.13. The topological polar surface area (TPSA) is 67.8 Å². The van der Waals surface area contributed by atoms with Gasteiger partial charge in [-0.05, 0) is 36.6 Å². The van der Waals surface area contributed by atoms with Gasteiger partial charge in [0.25, 0.3) is 0 Å². The molecule has 1 N–H and O–H groups in total. The highest BCUT2D eigenvalue weighted by atomic mass is 32.1. The zero-order chi connectivity index (χ0) is 18.0. The van der Waals surface area contributed by atoms with Crippen LogP contribution in [0.3, 0.4) is 0 Å². The zero-order valence-corrected chi connectivity index (χ0v) is 14.8. The highest BCUT2D eigenvalue weighted by Gasteiger charge is 2.50. The first kappa shape index (κ1) is 16.8. The maximum atomic E-state index is 13.1. The van der Waals surface area contributed by atoms with Crippen LogP contribution in [0.1, 0.15) is 24.1 Å². The van der Waals surface area contributed by atoms with E-state index >= 15 is 0 Å². The zero-order valence-electron chi connectivity index (χ0n) is 14.0. The lowest BCUT2D eigenvalue weighted by atomic mass is 9.95. The Kier molecular flexibility index (Phi) is 4.46. The average Bonchev–Trinajstić information content (AvgIpc) is 3.35. The summed E-state index contributed by atoms with van der Waals surface area (Å²) in [5, 5.41) is 5.73. The van der Waals surface area contributed by atoms with Crippen molar-refractivity contribution in [3.05, 3.63) is 65.2 Å². The van der Waals surface area contributed by atoms with Crippen LogP contribution in [0.4, 0.5) is 4.39 Å². The third kappa shape index (κ3) is 3.35. The molecule has 1 aromatic carbocycles. The minimum atomic E-state index is -0.487. The molecular formula is C19H17FN4OS. The van der Waals surface area contributed by atoms with Crippen LogP contribution in [0.15, 0.2) is 48.1 Å². The van der Waals surface area contributed by atoms with Crippen molar-refractivity contribution in [2.75, 3.05) is 6.54 Å². The van der Waals surface area contributed by atoms with Crippen molar-refractivity contribution in [3.63, 3.8) is 0 Å². The second kappa shape index (κ2) is 6.92. The molecule has 132 valence electrons. The van der Waals surface area contributed by atoms with E-state index in [-0.39, 0.29) is 11.7 Å². The molecule has 1 fully saturated rings. The van der Waals surface area contributed by atoms with Gasteiger partial charge in [0.15, 0.2) is 10.8 Å². The number of nitrogens with zero attached hydrogens (tertiary/aromatic N) is 3. The number of nitrogens with one attached hydrogen (secondary N) is 1. The third-order valence-electron chi connectivity index (χ3n) is 4.56. The number of hydrogen-bond donors (Lipinski definition) is 1. The van der Waals surface area contributed by atoms with Gasteiger partial charge in [-0.15, -0.1) is 11.3 Å². The second-order valence-corrected chi connectivity index (χ2v) is 7.17. The second-order valence-electron chi connectivity index (χ2n) is 6.31. The van der Waals surface area contributed by atoms with E-state index in [2.05, 4.69) is 20.3 Å². The van der Waals surface area contributed by atoms with E-state index in [4.69, 9.17) is 0 Å². The van der Waals surface area contributed by atoms with Crippen molar-refractivity contribution >= 4 is 17.2 Å². The molecule has 3 aromatic rings. The fraction of sp³-hybridized carbons (Fsp3) is 0.263. The number of carbonyl (C=O) groups excluding carboxylic acids is 1. The number of rotatable bonds is 6. The number of hydrogen-bond acceptors (Lipinski definition) is 5. The molecule has 0 atom stereocenters. The molecule has 0 unspecified atom stereocenters. The first-order chi connectivity index (χ1) is 12.7. The van der Waals surface area contributed by atoms with Gasteiger partial charge >= 0.3 is 0 Å². The Morgan fingerprint density at radius 1 is 1.19 bits per heavy atom. The molecule has 2 aromatic heterocycles. The Labute approximate surface area is 154 Å². The van der Waals surface area contributed by atoms with Gasteiger partial charge in [0.2, 0.25) is 5.91 Å². The van der Waals surface area contributed by atoms with Crippen molar-refractivity contribution in [1.29, 1.82) is 0 Å². The molecule has 0 spiro atoms. The smallest absolute Gasteiger partial charge is 0.230 e. The van der Waals surface area contributed by atoms with Gasteiger partial charge in [-0.3, -0.25) is 4.79 Å². The van der Waals surface area contributed by atoms with Crippen LogP contribution in [0.5, 0.6) is 0 Å². The lowest BCUT2D eigenvalue weighted by Gasteiger charge is -2.15. The van der Waals surface area contributed by atoms with Gasteiger partial charge in [0.1, 0.15) is 5.82 Å². The summed E-state index contributed by atoms with van der Waals surface area (Å²) in [6.45, 7) is 0.514. The molecule has 2 heterocycles.